The van der Waals surface area contributed by atoms with E-state index < -0.39 is 11.4 Å². The van der Waals surface area contributed by atoms with Crippen molar-refractivity contribution in [2.45, 2.75) is 99.1 Å². The molecular formula is C54H77N3O2. The number of allylic oxidation sites excluding steroid dienone is 1. The maximum absolute atomic E-state index is 11.4. The van der Waals surface area contributed by atoms with E-state index in [0.717, 1.165) is 43.9 Å². The number of nitrogens with zero attached hydrogens (tertiary/aromatic N) is 2. The van der Waals surface area contributed by atoms with Crippen LogP contribution in [0.15, 0.2) is 158 Å². The molecule has 0 radical (unpaired) electrons. The largest absolute Gasteiger partial charge is 0.481 e. The quantitative estimate of drug-likeness (QED) is 0.156. The van der Waals surface area contributed by atoms with E-state index in [1.807, 2.05) is 110 Å². The molecule has 5 aromatic rings. The first kappa shape index (κ1) is 52.2. The second-order valence-corrected chi connectivity index (χ2v) is 14.5. The fourth-order valence-electron chi connectivity index (χ4n) is 6.99. The Morgan fingerprint density at radius 1 is 0.644 bits per heavy atom. The highest BCUT2D eigenvalue weighted by molar-refractivity contribution is 5.82. The predicted octanol–water partition coefficient (Wildman–Crippen LogP) is 12.8. The zero-order valence-corrected chi connectivity index (χ0v) is 38.3. The van der Waals surface area contributed by atoms with Crippen LogP contribution in [0.3, 0.4) is 0 Å². The van der Waals surface area contributed by atoms with Crippen LogP contribution in [-0.2, 0) is 28.7 Å². The third-order valence-electron chi connectivity index (χ3n) is 10.2. The average molecular weight is 800 g/mol. The summed E-state index contributed by atoms with van der Waals surface area (Å²) in [7, 11) is 1.97. The van der Waals surface area contributed by atoms with Crippen molar-refractivity contribution in [2.75, 3.05) is 39.8 Å². The summed E-state index contributed by atoms with van der Waals surface area (Å²) < 4.78 is 0. The van der Waals surface area contributed by atoms with E-state index >= 15 is 0 Å². The Bertz CT molecular complexity index is 1770. The number of rotatable bonds is 9. The first-order valence-electron chi connectivity index (χ1n) is 21.9. The summed E-state index contributed by atoms with van der Waals surface area (Å²) in [5.74, 6) is -0.710. The van der Waals surface area contributed by atoms with Crippen LogP contribution in [0.1, 0.15) is 103 Å². The Morgan fingerprint density at radius 3 is 1.49 bits per heavy atom. The molecule has 5 aromatic carbocycles. The maximum Gasteiger partial charge on any atom is 0.315 e. The second kappa shape index (κ2) is 30.3. The maximum atomic E-state index is 11.4. The number of benzene rings is 5. The minimum Gasteiger partial charge on any atom is -0.481 e. The standard InChI is InChI=1S/C18H21N.C12H15NO2.C9H13N.C9H10.3C2H6/c1-18(17-10-6-3-7-11-17)12-13-19(15-18)14-16-8-4-2-5-9-16;1-13-8-7-12(9-13,11(14)15)10-5-3-2-4-6-10;1-2-10-8-9-6-4-3-5-7-9;1-8(2)9-6-4-3-5-7-9;3*1-2/h2-11H,12-15H2,1H3;2-6H,7-9H2,1H3,(H,14,15);3-7,10H,2,8H2,1H3;3-7H,1H2,2H3;3*1-2H3. The van der Waals surface area contributed by atoms with Gasteiger partial charge in [-0.3, -0.25) is 9.69 Å². The number of nitrogens with one attached hydrogen (secondary N) is 1. The lowest BCUT2D eigenvalue weighted by molar-refractivity contribution is -0.143. The fourth-order valence-corrected chi connectivity index (χ4v) is 6.99. The third-order valence-corrected chi connectivity index (χ3v) is 10.2. The molecule has 2 saturated heterocycles. The Hall–Kier alpha value is -4.81. The van der Waals surface area contributed by atoms with Crippen molar-refractivity contribution in [2.24, 2.45) is 0 Å². The molecular weight excluding hydrogens is 723 g/mol. The van der Waals surface area contributed by atoms with Gasteiger partial charge in [0.1, 0.15) is 5.41 Å². The zero-order valence-electron chi connectivity index (χ0n) is 38.3. The van der Waals surface area contributed by atoms with Gasteiger partial charge in [-0.15, -0.1) is 0 Å². The molecule has 2 N–H and O–H groups in total. The van der Waals surface area contributed by atoms with Crippen molar-refractivity contribution in [1.29, 1.82) is 0 Å². The number of aliphatic carboxylic acids is 1. The van der Waals surface area contributed by atoms with Gasteiger partial charge in [-0.05, 0) is 74.3 Å². The molecule has 59 heavy (non-hydrogen) atoms. The van der Waals surface area contributed by atoms with Gasteiger partial charge in [0.2, 0.25) is 0 Å². The van der Waals surface area contributed by atoms with Crippen LogP contribution in [-0.4, -0.2) is 60.6 Å². The minimum absolute atomic E-state index is 0.316. The molecule has 2 aliphatic heterocycles. The Kier molecular flexibility index (Phi) is 26.8. The van der Waals surface area contributed by atoms with Crippen LogP contribution in [0, 0.1) is 0 Å². The normalized spacial score (nSPS) is 17.7. The van der Waals surface area contributed by atoms with E-state index in [9.17, 15) is 9.90 Å². The van der Waals surface area contributed by atoms with Gasteiger partial charge in [0, 0.05) is 31.6 Å². The van der Waals surface area contributed by atoms with Gasteiger partial charge in [0.15, 0.2) is 0 Å². The summed E-state index contributed by atoms with van der Waals surface area (Å²) >= 11 is 0. The highest BCUT2D eigenvalue weighted by Crippen LogP contribution is 2.35. The van der Waals surface area contributed by atoms with E-state index in [-0.39, 0.29) is 0 Å². The number of carboxylic acids is 1. The lowest BCUT2D eigenvalue weighted by Crippen LogP contribution is -2.38. The highest BCUT2D eigenvalue weighted by Gasteiger charge is 2.45. The van der Waals surface area contributed by atoms with Crippen LogP contribution in [0.2, 0.25) is 0 Å². The summed E-state index contributed by atoms with van der Waals surface area (Å²) in [5.41, 5.74) is 7.12. The molecule has 0 aliphatic carbocycles. The average Bonchev–Trinajstić information content (AvgIpc) is 3.90. The molecule has 320 valence electrons. The van der Waals surface area contributed by atoms with Gasteiger partial charge in [-0.1, -0.05) is 219 Å². The fraction of sp³-hybridized carbons (Fsp3) is 0.389. The van der Waals surface area contributed by atoms with E-state index in [1.54, 1.807) is 0 Å². The summed E-state index contributed by atoms with van der Waals surface area (Å²) in [6.07, 6.45) is 1.95. The number of carbonyl (C=O) groups is 1. The van der Waals surface area contributed by atoms with Crippen molar-refractivity contribution >= 4 is 11.5 Å². The second-order valence-electron chi connectivity index (χ2n) is 14.5. The lowest BCUT2D eigenvalue weighted by Gasteiger charge is -2.25. The first-order valence-corrected chi connectivity index (χ1v) is 21.9. The number of carboxylic acid groups (broad SMARTS) is 1. The molecule has 2 aliphatic rings. The topological polar surface area (TPSA) is 55.8 Å². The van der Waals surface area contributed by atoms with Crippen LogP contribution in [0.5, 0.6) is 0 Å². The monoisotopic (exact) mass is 800 g/mol. The van der Waals surface area contributed by atoms with Crippen LogP contribution in [0.25, 0.3) is 5.57 Å². The van der Waals surface area contributed by atoms with E-state index in [0.29, 0.717) is 18.4 Å². The van der Waals surface area contributed by atoms with Gasteiger partial charge in [0.25, 0.3) is 0 Å². The molecule has 0 spiro atoms. The Morgan fingerprint density at radius 2 is 1.08 bits per heavy atom. The van der Waals surface area contributed by atoms with E-state index in [1.165, 1.54) is 35.2 Å². The SMILES string of the molecule is C=C(C)c1ccccc1.CC.CC.CC.CC1(c2ccccc2)CCN(Cc2ccccc2)C1.CCNCc1ccccc1.CN1CCC(C(=O)O)(c2ccccc2)C1. The molecule has 0 saturated carbocycles. The number of likely N-dealkylation sites (tertiary alicyclic amines) is 2. The first-order chi connectivity index (χ1) is 28.6. The van der Waals surface area contributed by atoms with Gasteiger partial charge in [-0.25, -0.2) is 0 Å². The molecule has 0 amide bonds. The van der Waals surface area contributed by atoms with Gasteiger partial charge >= 0.3 is 5.97 Å². The summed E-state index contributed by atoms with van der Waals surface area (Å²) in [6, 6.07) is 51.8. The molecule has 2 unspecified atom stereocenters. The van der Waals surface area contributed by atoms with Crippen molar-refractivity contribution in [3.63, 3.8) is 0 Å². The van der Waals surface area contributed by atoms with Gasteiger partial charge in [0.05, 0.1) is 0 Å². The molecule has 7 rings (SSSR count). The smallest absolute Gasteiger partial charge is 0.315 e. The van der Waals surface area contributed by atoms with Crippen LogP contribution >= 0.6 is 0 Å². The zero-order chi connectivity index (χ0) is 43.9. The lowest BCUT2D eigenvalue weighted by atomic mass is 9.80. The molecule has 5 heteroatoms. The van der Waals surface area contributed by atoms with Crippen molar-refractivity contribution in [3.8, 4) is 0 Å². The molecule has 2 atom stereocenters. The molecule has 2 fully saturated rings. The Balaban J connectivity index is 0.000000391. The van der Waals surface area contributed by atoms with Crippen molar-refractivity contribution in [3.05, 3.63) is 186 Å². The van der Waals surface area contributed by atoms with Crippen LogP contribution < -0.4 is 5.32 Å². The predicted molar refractivity (Wildman–Crippen MR) is 257 cm³/mol. The summed E-state index contributed by atoms with van der Waals surface area (Å²) in [5, 5.41) is 12.7. The van der Waals surface area contributed by atoms with Crippen LogP contribution in [0.4, 0.5) is 0 Å². The third kappa shape index (κ3) is 18.3. The number of hydrogen-bond acceptors (Lipinski definition) is 4. The number of hydrogen-bond donors (Lipinski definition) is 2. The van der Waals surface area contributed by atoms with Gasteiger partial charge < -0.3 is 15.3 Å². The Labute approximate surface area is 360 Å². The van der Waals surface area contributed by atoms with Crippen molar-refractivity contribution in [1.82, 2.24) is 15.1 Å². The summed E-state index contributed by atoms with van der Waals surface area (Å²) in [6.45, 7) is 29.2. The molecule has 2 heterocycles. The van der Waals surface area contributed by atoms with E-state index in [2.05, 4.69) is 133 Å². The molecule has 5 nitrogen and oxygen atoms in total. The highest BCUT2D eigenvalue weighted by atomic mass is 16.4. The molecule has 0 bridgehead atoms. The summed E-state index contributed by atoms with van der Waals surface area (Å²) in [4.78, 5) is 16.1. The van der Waals surface area contributed by atoms with E-state index in [4.69, 9.17) is 0 Å². The molecule has 0 aromatic heterocycles. The number of likely N-dealkylation sites (N-methyl/N-ethyl adjacent to an activating group) is 1. The van der Waals surface area contributed by atoms with Gasteiger partial charge in [-0.2, -0.15) is 0 Å². The minimum atomic E-state index is -0.710. The van der Waals surface area contributed by atoms with Crippen molar-refractivity contribution < 1.29 is 9.90 Å².